The molecule has 0 aliphatic heterocycles. The summed E-state index contributed by atoms with van der Waals surface area (Å²) in [6.45, 7) is 8.17. The van der Waals surface area contributed by atoms with Crippen molar-refractivity contribution < 1.29 is 9.53 Å². The molecule has 3 nitrogen and oxygen atoms in total. The molecule has 0 bridgehead atoms. The molecule has 0 radical (unpaired) electrons. The number of aliphatic imine (C=N–C) groups is 1. The maximum atomic E-state index is 10.7. The molecule has 19 heavy (non-hydrogen) atoms. The van der Waals surface area contributed by atoms with Crippen LogP contribution in [-0.4, -0.2) is 12.2 Å². The molecule has 0 aromatic heterocycles. The Morgan fingerprint density at radius 2 is 2.00 bits per heavy atom. The fourth-order valence-corrected chi connectivity index (χ4v) is 2.58. The molecule has 0 N–H and O–H groups in total. The second-order valence-electron chi connectivity index (χ2n) is 5.64. The van der Waals surface area contributed by atoms with Crippen molar-refractivity contribution >= 4 is 6.08 Å². The molecule has 1 aromatic rings. The van der Waals surface area contributed by atoms with Crippen molar-refractivity contribution in [2.75, 3.05) is 0 Å². The summed E-state index contributed by atoms with van der Waals surface area (Å²) in [7, 11) is 0. The van der Waals surface area contributed by atoms with Gasteiger partial charge in [-0.1, -0.05) is 12.1 Å². The summed E-state index contributed by atoms with van der Waals surface area (Å²) in [5.74, 6) is 0.897. The predicted octanol–water partition coefficient (Wildman–Crippen LogP) is 3.81. The van der Waals surface area contributed by atoms with Crippen molar-refractivity contribution in [2.24, 2.45) is 4.99 Å². The van der Waals surface area contributed by atoms with Crippen LogP contribution in [0.25, 0.3) is 0 Å². The third-order valence-electron chi connectivity index (χ3n) is 3.97. The van der Waals surface area contributed by atoms with Gasteiger partial charge in [0, 0.05) is 5.56 Å². The summed E-state index contributed by atoms with van der Waals surface area (Å²) in [4.78, 5) is 14.8. The zero-order valence-electron chi connectivity index (χ0n) is 12.1. The van der Waals surface area contributed by atoms with Crippen molar-refractivity contribution in [3.05, 3.63) is 28.8 Å². The monoisotopic (exact) mass is 259 g/mol. The number of ether oxygens (including phenoxy) is 1. The molecule has 1 aliphatic rings. The molecule has 1 aromatic carbocycles. The Bertz CT molecular complexity index is 524. The van der Waals surface area contributed by atoms with E-state index >= 15 is 0 Å². The highest BCUT2D eigenvalue weighted by molar-refractivity contribution is 5.51. The molecular formula is C16H21NO2. The van der Waals surface area contributed by atoms with Gasteiger partial charge in [-0.2, -0.15) is 4.99 Å². The maximum absolute atomic E-state index is 10.7. The average Bonchev–Trinajstić information content (AvgIpc) is 2.30. The predicted molar refractivity (Wildman–Crippen MR) is 75.3 cm³/mol. The van der Waals surface area contributed by atoms with Crippen LogP contribution in [-0.2, 0) is 10.3 Å². The lowest BCUT2D eigenvalue weighted by Gasteiger charge is -2.38. The Labute approximate surface area is 114 Å². The van der Waals surface area contributed by atoms with E-state index < -0.39 is 5.54 Å². The summed E-state index contributed by atoms with van der Waals surface area (Å²) in [5.41, 5.74) is 2.98. The van der Waals surface area contributed by atoms with Gasteiger partial charge in [0.1, 0.15) is 11.3 Å². The molecule has 1 saturated carbocycles. The van der Waals surface area contributed by atoms with Gasteiger partial charge in [-0.25, -0.2) is 4.79 Å². The minimum atomic E-state index is -0.398. The molecule has 102 valence electrons. The zero-order chi connectivity index (χ0) is 14.0. The Hall–Kier alpha value is -1.60. The second-order valence-corrected chi connectivity index (χ2v) is 5.64. The van der Waals surface area contributed by atoms with Crippen LogP contribution in [0.1, 0.15) is 49.8 Å². The van der Waals surface area contributed by atoms with E-state index in [2.05, 4.69) is 31.0 Å². The van der Waals surface area contributed by atoms with Crippen LogP contribution in [0, 0.1) is 13.8 Å². The van der Waals surface area contributed by atoms with Crippen LogP contribution < -0.4 is 4.74 Å². The second kappa shape index (κ2) is 5.18. The van der Waals surface area contributed by atoms with Gasteiger partial charge in [0.2, 0.25) is 6.08 Å². The van der Waals surface area contributed by atoms with Crippen molar-refractivity contribution in [3.63, 3.8) is 0 Å². The van der Waals surface area contributed by atoms with Gasteiger partial charge in [0.15, 0.2) is 0 Å². The number of nitrogens with zero attached hydrogens (tertiary/aromatic N) is 1. The van der Waals surface area contributed by atoms with Crippen LogP contribution >= 0.6 is 0 Å². The molecule has 0 saturated heterocycles. The third-order valence-corrected chi connectivity index (χ3v) is 3.97. The number of hydrogen-bond acceptors (Lipinski definition) is 3. The number of isocyanates is 1. The Balaban J connectivity index is 2.56. The third kappa shape index (κ3) is 2.43. The van der Waals surface area contributed by atoms with E-state index in [0.717, 1.165) is 36.1 Å². The van der Waals surface area contributed by atoms with Crippen LogP contribution in [0.2, 0.25) is 0 Å². The van der Waals surface area contributed by atoms with E-state index in [9.17, 15) is 4.79 Å². The quantitative estimate of drug-likeness (QED) is 0.609. The fourth-order valence-electron chi connectivity index (χ4n) is 2.58. The Morgan fingerprint density at radius 3 is 2.47 bits per heavy atom. The summed E-state index contributed by atoms with van der Waals surface area (Å²) >= 11 is 0. The van der Waals surface area contributed by atoms with Crippen molar-refractivity contribution in [1.29, 1.82) is 0 Å². The standard InChI is InChI=1S/C16H21NO2/c1-11(2)19-15-13(4)12(3)6-7-14(15)16(17-10-18)8-5-9-16/h6-7,11H,5,8-9H2,1-4H3. The van der Waals surface area contributed by atoms with Crippen molar-refractivity contribution in [2.45, 2.75) is 58.6 Å². The summed E-state index contributed by atoms with van der Waals surface area (Å²) in [6, 6.07) is 4.14. The zero-order valence-corrected chi connectivity index (χ0v) is 12.1. The Kier molecular flexibility index (Phi) is 3.77. The maximum Gasteiger partial charge on any atom is 0.235 e. The number of rotatable bonds is 4. The molecule has 0 atom stereocenters. The molecular weight excluding hydrogens is 238 g/mol. The van der Waals surface area contributed by atoms with Gasteiger partial charge in [-0.15, -0.1) is 0 Å². The van der Waals surface area contributed by atoms with E-state index in [0.29, 0.717) is 0 Å². The first-order valence-corrected chi connectivity index (χ1v) is 6.86. The number of carbonyl (C=O) groups excluding carboxylic acids is 1. The van der Waals surface area contributed by atoms with E-state index in [1.54, 1.807) is 6.08 Å². The first-order valence-electron chi connectivity index (χ1n) is 6.86. The number of aryl methyl sites for hydroxylation is 1. The van der Waals surface area contributed by atoms with Gasteiger partial charge in [-0.3, -0.25) is 0 Å². The number of hydrogen-bond donors (Lipinski definition) is 0. The molecule has 1 fully saturated rings. The van der Waals surface area contributed by atoms with Crippen LogP contribution in [0.15, 0.2) is 17.1 Å². The van der Waals surface area contributed by atoms with E-state index in [1.807, 2.05) is 13.8 Å². The lowest BCUT2D eigenvalue weighted by atomic mass is 9.71. The summed E-state index contributed by atoms with van der Waals surface area (Å²) < 4.78 is 6.00. The average molecular weight is 259 g/mol. The van der Waals surface area contributed by atoms with Crippen LogP contribution in [0.4, 0.5) is 0 Å². The first kappa shape index (κ1) is 13.8. The van der Waals surface area contributed by atoms with Crippen LogP contribution in [0.5, 0.6) is 5.75 Å². The van der Waals surface area contributed by atoms with E-state index in [4.69, 9.17) is 4.74 Å². The molecule has 0 amide bonds. The van der Waals surface area contributed by atoms with E-state index in [1.165, 1.54) is 5.56 Å². The molecule has 1 aliphatic carbocycles. The molecule has 2 rings (SSSR count). The van der Waals surface area contributed by atoms with Crippen LogP contribution in [0.3, 0.4) is 0 Å². The molecule has 0 heterocycles. The van der Waals surface area contributed by atoms with Gasteiger partial charge in [-0.05, 0) is 58.1 Å². The summed E-state index contributed by atoms with van der Waals surface area (Å²) in [6.07, 6.45) is 4.75. The Morgan fingerprint density at radius 1 is 1.32 bits per heavy atom. The topological polar surface area (TPSA) is 38.7 Å². The molecule has 3 heteroatoms. The molecule has 0 spiro atoms. The highest BCUT2D eigenvalue weighted by atomic mass is 16.5. The highest BCUT2D eigenvalue weighted by Gasteiger charge is 2.41. The van der Waals surface area contributed by atoms with Gasteiger partial charge < -0.3 is 4.74 Å². The van der Waals surface area contributed by atoms with E-state index in [-0.39, 0.29) is 6.10 Å². The van der Waals surface area contributed by atoms with Gasteiger partial charge in [0.05, 0.1) is 6.10 Å². The minimum absolute atomic E-state index is 0.108. The van der Waals surface area contributed by atoms with Crippen molar-refractivity contribution in [3.8, 4) is 5.75 Å². The lowest BCUT2D eigenvalue weighted by Crippen LogP contribution is -2.33. The smallest absolute Gasteiger partial charge is 0.235 e. The lowest BCUT2D eigenvalue weighted by molar-refractivity contribution is 0.210. The fraction of sp³-hybridized carbons (Fsp3) is 0.562. The normalized spacial score (nSPS) is 16.7. The summed E-state index contributed by atoms with van der Waals surface area (Å²) in [5, 5.41) is 0. The molecule has 0 unspecified atom stereocenters. The largest absolute Gasteiger partial charge is 0.490 e. The van der Waals surface area contributed by atoms with Crippen molar-refractivity contribution in [1.82, 2.24) is 0 Å². The first-order chi connectivity index (χ1) is 9.00. The SMILES string of the molecule is Cc1ccc(C2(N=C=O)CCC2)c(OC(C)C)c1C. The highest BCUT2D eigenvalue weighted by Crippen LogP contribution is 2.49. The van der Waals surface area contributed by atoms with Gasteiger partial charge >= 0.3 is 0 Å². The van der Waals surface area contributed by atoms with Gasteiger partial charge in [0.25, 0.3) is 0 Å². The number of benzene rings is 1. The minimum Gasteiger partial charge on any atom is -0.490 e.